The topological polar surface area (TPSA) is 52.7 Å². The van der Waals surface area contributed by atoms with Gasteiger partial charge in [-0.2, -0.15) is 0 Å². The number of hydrogen-bond acceptors (Lipinski definition) is 3. The second kappa shape index (κ2) is 9.60. The van der Waals surface area contributed by atoms with Gasteiger partial charge in [0, 0.05) is 44.5 Å². The van der Waals surface area contributed by atoms with Crippen LogP contribution in [0.25, 0.3) is 0 Å². The molecule has 1 N–H and O–H groups in total. The van der Waals surface area contributed by atoms with E-state index in [9.17, 15) is 9.59 Å². The fraction of sp³-hybridized carbons (Fsp3) is 0.619. The quantitative estimate of drug-likeness (QED) is 0.759. The van der Waals surface area contributed by atoms with Crippen LogP contribution in [-0.2, 0) is 4.79 Å². The Kier molecular flexibility index (Phi) is 7.49. The molecule has 0 radical (unpaired) electrons. The van der Waals surface area contributed by atoms with Gasteiger partial charge in [-0.1, -0.05) is 26.7 Å². The van der Waals surface area contributed by atoms with Gasteiger partial charge in [-0.25, -0.2) is 0 Å². The molecule has 5 heteroatoms. The molecule has 144 valence electrons. The fourth-order valence-corrected chi connectivity index (χ4v) is 3.48. The predicted octanol–water partition coefficient (Wildman–Crippen LogP) is 4.14. The summed E-state index contributed by atoms with van der Waals surface area (Å²) in [7, 11) is 3.87. The van der Waals surface area contributed by atoms with Gasteiger partial charge < -0.3 is 15.1 Å². The van der Waals surface area contributed by atoms with E-state index in [0.717, 1.165) is 57.3 Å². The molecule has 1 aromatic carbocycles. The smallest absolute Gasteiger partial charge is 0.256 e. The summed E-state index contributed by atoms with van der Waals surface area (Å²) in [6.07, 6.45) is 6.03. The van der Waals surface area contributed by atoms with Gasteiger partial charge in [0.05, 0.1) is 5.56 Å². The lowest BCUT2D eigenvalue weighted by Gasteiger charge is -2.22. The fourth-order valence-electron chi connectivity index (χ4n) is 3.48. The zero-order chi connectivity index (χ0) is 19.1. The molecule has 0 aromatic heterocycles. The van der Waals surface area contributed by atoms with E-state index in [4.69, 9.17) is 0 Å². The van der Waals surface area contributed by atoms with Crippen molar-refractivity contribution in [2.24, 2.45) is 5.92 Å². The number of nitrogens with zero attached hydrogens (tertiary/aromatic N) is 2. The van der Waals surface area contributed by atoms with Crippen LogP contribution in [0.1, 0.15) is 62.7 Å². The maximum absolute atomic E-state index is 12.9. The van der Waals surface area contributed by atoms with Gasteiger partial charge in [-0.05, 0) is 43.9 Å². The first-order chi connectivity index (χ1) is 12.5. The average Bonchev–Trinajstić information content (AvgIpc) is 3.16. The number of benzene rings is 1. The molecule has 0 spiro atoms. The van der Waals surface area contributed by atoms with Crippen LogP contribution in [0.3, 0.4) is 0 Å². The molecule has 5 nitrogen and oxygen atoms in total. The summed E-state index contributed by atoms with van der Waals surface area (Å²) in [4.78, 5) is 29.4. The molecule has 1 atom stereocenters. The Morgan fingerprint density at radius 2 is 1.88 bits per heavy atom. The van der Waals surface area contributed by atoms with Crippen molar-refractivity contribution >= 4 is 23.2 Å². The third kappa shape index (κ3) is 4.99. The number of likely N-dealkylation sites (tertiary alicyclic amines) is 1. The van der Waals surface area contributed by atoms with Gasteiger partial charge in [0.25, 0.3) is 5.91 Å². The number of amides is 2. The second-order valence-corrected chi connectivity index (χ2v) is 7.36. The van der Waals surface area contributed by atoms with Crippen LogP contribution in [0.2, 0.25) is 0 Å². The van der Waals surface area contributed by atoms with Crippen LogP contribution >= 0.6 is 0 Å². The Morgan fingerprint density at radius 3 is 2.46 bits per heavy atom. The van der Waals surface area contributed by atoms with Crippen molar-refractivity contribution in [3.63, 3.8) is 0 Å². The van der Waals surface area contributed by atoms with Gasteiger partial charge in [0.1, 0.15) is 0 Å². The molecule has 1 aromatic rings. The molecule has 1 heterocycles. The molecule has 1 fully saturated rings. The molecule has 0 saturated carbocycles. The Bertz CT molecular complexity index is 622. The summed E-state index contributed by atoms with van der Waals surface area (Å²) >= 11 is 0. The first-order valence-electron chi connectivity index (χ1n) is 9.89. The highest BCUT2D eigenvalue weighted by molar-refractivity contribution is 6.02. The van der Waals surface area contributed by atoms with Crippen molar-refractivity contribution in [1.29, 1.82) is 0 Å². The van der Waals surface area contributed by atoms with E-state index in [2.05, 4.69) is 19.2 Å². The molecular weight excluding hydrogens is 326 g/mol. The molecule has 1 aliphatic heterocycles. The largest absolute Gasteiger partial charge is 0.377 e. The highest BCUT2D eigenvalue weighted by Gasteiger charge is 2.23. The van der Waals surface area contributed by atoms with Crippen LogP contribution in [0, 0.1) is 5.92 Å². The second-order valence-electron chi connectivity index (χ2n) is 7.36. The van der Waals surface area contributed by atoms with E-state index in [1.165, 1.54) is 0 Å². The van der Waals surface area contributed by atoms with Crippen LogP contribution in [0.5, 0.6) is 0 Å². The van der Waals surface area contributed by atoms with Gasteiger partial charge >= 0.3 is 0 Å². The number of hydrogen-bond donors (Lipinski definition) is 1. The van der Waals surface area contributed by atoms with Crippen molar-refractivity contribution in [3.05, 3.63) is 23.8 Å². The lowest BCUT2D eigenvalue weighted by atomic mass is 9.98. The number of anilines is 2. The van der Waals surface area contributed by atoms with Crippen molar-refractivity contribution < 1.29 is 9.59 Å². The van der Waals surface area contributed by atoms with E-state index in [1.807, 2.05) is 42.1 Å². The van der Waals surface area contributed by atoms with Crippen LogP contribution in [-0.4, -0.2) is 43.9 Å². The maximum atomic E-state index is 12.9. The van der Waals surface area contributed by atoms with Crippen molar-refractivity contribution in [2.45, 2.75) is 52.4 Å². The SMILES string of the molecule is CCCC[C@@H](CC)C(=O)Nc1ccc(N(C)C)c(C(=O)N2CCCC2)c1. The van der Waals surface area contributed by atoms with E-state index in [1.54, 1.807) is 0 Å². The average molecular weight is 360 g/mol. The van der Waals surface area contributed by atoms with Gasteiger partial charge in [0.2, 0.25) is 5.91 Å². The summed E-state index contributed by atoms with van der Waals surface area (Å²) in [5, 5.41) is 3.03. The molecule has 0 unspecified atom stereocenters. The number of nitrogens with one attached hydrogen (secondary N) is 1. The molecule has 0 bridgehead atoms. The third-order valence-corrected chi connectivity index (χ3v) is 5.14. The van der Waals surface area contributed by atoms with E-state index in [-0.39, 0.29) is 17.7 Å². The Balaban J connectivity index is 2.20. The molecule has 2 amide bonds. The normalized spacial score (nSPS) is 15.0. The van der Waals surface area contributed by atoms with E-state index >= 15 is 0 Å². The molecular formula is C21H33N3O2. The predicted molar refractivity (Wildman–Crippen MR) is 108 cm³/mol. The van der Waals surface area contributed by atoms with E-state index < -0.39 is 0 Å². The van der Waals surface area contributed by atoms with E-state index in [0.29, 0.717) is 11.3 Å². The molecule has 1 saturated heterocycles. The van der Waals surface area contributed by atoms with Crippen LogP contribution in [0.15, 0.2) is 18.2 Å². The number of unbranched alkanes of at least 4 members (excludes halogenated alkanes) is 1. The van der Waals surface area contributed by atoms with Crippen LogP contribution in [0.4, 0.5) is 11.4 Å². The molecule has 0 aliphatic carbocycles. The molecule has 2 rings (SSSR count). The van der Waals surface area contributed by atoms with Gasteiger partial charge in [-0.3, -0.25) is 9.59 Å². The van der Waals surface area contributed by atoms with Crippen molar-refractivity contribution in [1.82, 2.24) is 4.90 Å². The first-order valence-corrected chi connectivity index (χ1v) is 9.89. The monoisotopic (exact) mass is 359 g/mol. The Labute approximate surface area is 157 Å². The number of rotatable bonds is 8. The highest BCUT2D eigenvalue weighted by atomic mass is 16.2. The minimum Gasteiger partial charge on any atom is -0.377 e. The van der Waals surface area contributed by atoms with Gasteiger partial charge in [0.15, 0.2) is 0 Å². The van der Waals surface area contributed by atoms with Crippen LogP contribution < -0.4 is 10.2 Å². The summed E-state index contributed by atoms with van der Waals surface area (Å²) in [5.74, 6) is 0.139. The Morgan fingerprint density at radius 1 is 1.19 bits per heavy atom. The lowest BCUT2D eigenvalue weighted by Crippen LogP contribution is -2.29. The molecule has 26 heavy (non-hydrogen) atoms. The summed E-state index contributed by atoms with van der Waals surface area (Å²) in [6.45, 7) is 5.83. The van der Waals surface area contributed by atoms with Gasteiger partial charge in [-0.15, -0.1) is 0 Å². The van der Waals surface area contributed by atoms with Crippen molar-refractivity contribution in [2.75, 3.05) is 37.4 Å². The standard InChI is InChI=1S/C21H33N3O2/c1-5-7-10-16(6-2)20(25)22-17-11-12-19(23(3)4)18(15-17)21(26)24-13-8-9-14-24/h11-12,15-16H,5-10,13-14H2,1-4H3,(H,22,25)/t16-/m1/s1. The zero-order valence-electron chi connectivity index (χ0n) is 16.7. The minimum absolute atomic E-state index is 0.0289. The maximum Gasteiger partial charge on any atom is 0.256 e. The number of carbonyl (C=O) groups is 2. The third-order valence-electron chi connectivity index (χ3n) is 5.14. The minimum atomic E-state index is 0.0289. The Hall–Kier alpha value is -2.04. The highest BCUT2D eigenvalue weighted by Crippen LogP contribution is 2.26. The first kappa shape index (κ1) is 20.3. The molecule has 1 aliphatic rings. The van der Waals surface area contributed by atoms with Crippen molar-refractivity contribution in [3.8, 4) is 0 Å². The summed E-state index contributed by atoms with van der Waals surface area (Å²) < 4.78 is 0. The lowest BCUT2D eigenvalue weighted by molar-refractivity contribution is -0.120. The zero-order valence-corrected chi connectivity index (χ0v) is 16.7. The number of carbonyl (C=O) groups excluding carboxylic acids is 2. The summed E-state index contributed by atoms with van der Waals surface area (Å²) in [6, 6.07) is 5.65. The summed E-state index contributed by atoms with van der Waals surface area (Å²) in [5.41, 5.74) is 2.26.